The Bertz CT molecular complexity index is 630. The van der Waals surface area contributed by atoms with Gasteiger partial charge < -0.3 is 10.6 Å². The first-order valence-corrected chi connectivity index (χ1v) is 7.35. The molecular weight excluding hydrogens is 306 g/mol. The van der Waals surface area contributed by atoms with Crippen LogP contribution in [0.15, 0.2) is 18.2 Å². The average Bonchev–Trinajstić information content (AvgIpc) is 2.71. The van der Waals surface area contributed by atoms with Gasteiger partial charge in [0, 0.05) is 10.7 Å². The van der Waals surface area contributed by atoms with Gasteiger partial charge in [-0.25, -0.2) is 4.79 Å². The monoisotopic (exact) mass is 323 g/mol. The van der Waals surface area contributed by atoms with Crippen molar-refractivity contribution in [2.24, 2.45) is 5.92 Å². The lowest BCUT2D eigenvalue weighted by molar-refractivity contribution is -0.131. The van der Waals surface area contributed by atoms with Crippen molar-refractivity contribution in [3.05, 3.63) is 28.8 Å². The lowest BCUT2D eigenvalue weighted by atomic mass is 10.1. The van der Waals surface area contributed by atoms with Crippen LogP contribution < -0.4 is 10.6 Å². The number of rotatable bonds is 4. The van der Waals surface area contributed by atoms with Gasteiger partial charge in [0.1, 0.15) is 12.6 Å². The summed E-state index contributed by atoms with van der Waals surface area (Å²) in [6.07, 6.45) is 0. The molecule has 0 radical (unpaired) electrons. The highest BCUT2D eigenvalue weighted by molar-refractivity contribution is 6.31. The van der Waals surface area contributed by atoms with Crippen LogP contribution in [0.3, 0.4) is 0 Å². The summed E-state index contributed by atoms with van der Waals surface area (Å²) in [5.41, 5.74) is 1.40. The Morgan fingerprint density at radius 3 is 2.68 bits per heavy atom. The van der Waals surface area contributed by atoms with E-state index in [0.717, 1.165) is 10.5 Å². The molecule has 0 unspecified atom stereocenters. The zero-order valence-electron chi connectivity index (χ0n) is 12.6. The second-order valence-electron chi connectivity index (χ2n) is 5.60. The first kappa shape index (κ1) is 16.3. The maximum absolute atomic E-state index is 12.1. The molecule has 1 aromatic carbocycles. The van der Waals surface area contributed by atoms with E-state index < -0.39 is 18.0 Å². The number of hydrogen-bond donors (Lipinski definition) is 2. The van der Waals surface area contributed by atoms with Gasteiger partial charge in [-0.15, -0.1) is 0 Å². The van der Waals surface area contributed by atoms with Crippen LogP contribution in [0.4, 0.5) is 10.5 Å². The molecule has 0 aliphatic carbocycles. The van der Waals surface area contributed by atoms with Gasteiger partial charge in [-0.05, 0) is 30.5 Å². The molecule has 4 amide bonds. The first-order valence-electron chi connectivity index (χ1n) is 6.97. The van der Waals surface area contributed by atoms with E-state index in [1.807, 2.05) is 20.8 Å². The number of nitrogens with zero attached hydrogens (tertiary/aromatic N) is 1. The number of amides is 4. The maximum Gasteiger partial charge on any atom is 0.325 e. The summed E-state index contributed by atoms with van der Waals surface area (Å²) >= 11 is 5.89. The van der Waals surface area contributed by atoms with Crippen molar-refractivity contribution in [3.8, 4) is 0 Å². The molecule has 0 aromatic heterocycles. The van der Waals surface area contributed by atoms with Crippen LogP contribution in [-0.4, -0.2) is 35.3 Å². The Morgan fingerprint density at radius 1 is 1.41 bits per heavy atom. The number of anilines is 1. The van der Waals surface area contributed by atoms with Crippen molar-refractivity contribution in [1.82, 2.24) is 10.2 Å². The average molecular weight is 324 g/mol. The number of halogens is 1. The zero-order chi connectivity index (χ0) is 16.4. The smallest absolute Gasteiger partial charge is 0.325 e. The lowest BCUT2D eigenvalue weighted by Crippen LogP contribution is -2.39. The predicted molar refractivity (Wildman–Crippen MR) is 83.7 cm³/mol. The molecule has 1 aliphatic rings. The van der Waals surface area contributed by atoms with Crippen LogP contribution in [0.5, 0.6) is 0 Å². The fraction of sp³-hybridized carbons (Fsp3) is 0.400. The highest BCUT2D eigenvalue weighted by atomic mass is 35.5. The summed E-state index contributed by atoms with van der Waals surface area (Å²) in [4.78, 5) is 36.9. The summed E-state index contributed by atoms with van der Waals surface area (Å²) in [6.45, 7) is 5.18. The van der Waals surface area contributed by atoms with Crippen LogP contribution in [0.1, 0.15) is 19.4 Å². The minimum absolute atomic E-state index is 0.0281. The number of nitrogens with one attached hydrogen (secondary N) is 2. The number of benzene rings is 1. The predicted octanol–water partition coefficient (Wildman–Crippen LogP) is 2.16. The number of aryl methyl sites for hydroxylation is 1. The summed E-state index contributed by atoms with van der Waals surface area (Å²) in [7, 11) is 0. The molecule has 7 heteroatoms. The fourth-order valence-electron chi connectivity index (χ4n) is 2.20. The summed E-state index contributed by atoms with van der Waals surface area (Å²) in [6, 6.07) is 4.00. The molecule has 1 atom stereocenters. The van der Waals surface area contributed by atoms with E-state index >= 15 is 0 Å². The second-order valence-corrected chi connectivity index (χ2v) is 6.04. The standard InChI is InChI=1S/C15H18ClN3O3/c1-8(2)13-14(21)19(15(22)18-13)7-12(20)17-11-6-10(16)5-4-9(11)3/h4-6,8,13H,7H2,1-3H3,(H,17,20)(H,18,22)/t13-/m1/s1. The van der Waals surface area contributed by atoms with E-state index in [1.54, 1.807) is 18.2 Å². The van der Waals surface area contributed by atoms with E-state index in [1.165, 1.54) is 0 Å². The molecule has 1 heterocycles. The number of carbonyl (C=O) groups excluding carboxylic acids is 3. The third-order valence-corrected chi connectivity index (χ3v) is 3.73. The number of urea groups is 1. The molecule has 0 spiro atoms. The van der Waals surface area contributed by atoms with Gasteiger partial charge in [-0.3, -0.25) is 14.5 Å². The van der Waals surface area contributed by atoms with Gasteiger partial charge in [0.25, 0.3) is 5.91 Å². The molecule has 1 aromatic rings. The van der Waals surface area contributed by atoms with Crippen LogP contribution >= 0.6 is 11.6 Å². The zero-order valence-corrected chi connectivity index (χ0v) is 13.4. The van der Waals surface area contributed by atoms with Gasteiger partial charge in [-0.1, -0.05) is 31.5 Å². The van der Waals surface area contributed by atoms with Gasteiger partial charge in [0.2, 0.25) is 5.91 Å². The second kappa shape index (κ2) is 6.36. The van der Waals surface area contributed by atoms with Crippen LogP contribution in [0.25, 0.3) is 0 Å². The van der Waals surface area contributed by atoms with Crippen LogP contribution in [-0.2, 0) is 9.59 Å². The lowest BCUT2D eigenvalue weighted by Gasteiger charge is -2.15. The molecule has 1 fully saturated rings. The Balaban J connectivity index is 2.05. The SMILES string of the molecule is Cc1ccc(Cl)cc1NC(=O)CN1C(=O)N[C@H](C(C)C)C1=O. The molecule has 118 valence electrons. The largest absolute Gasteiger partial charge is 0.326 e. The van der Waals surface area contributed by atoms with Gasteiger partial charge in [0.05, 0.1) is 0 Å². The maximum atomic E-state index is 12.1. The van der Waals surface area contributed by atoms with Crippen molar-refractivity contribution in [2.45, 2.75) is 26.8 Å². The molecule has 2 N–H and O–H groups in total. The minimum Gasteiger partial charge on any atom is -0.326 e. The quantitative estimate of drug-likeness (QED) is 0.833. The van der Waals surface area contributed by atoms with E-state index in [-0.39, 0.29) is 18.4 Å². The fourth-order valence-corrected chi connectivity index (χ4v) is 2.38. The highest BCUT2D eigenvalue weighted by Gasteiger charge is 2.40. The Kier molecular flexibility index (Phi) is 4.71. The van der Waals surface area contributed by atoms with E-state index in [0.29, 0.717) is 10.7 Å². The number of carbonyl (C=O) groups is 3. The normalized spacial score (nSPS) is 17.9. The molecule has 0 saturated carbocycles. The number of hydrogen-bond acceptors (Lipinski definition) is 3. The first-order chi connectivity index (χ1) is 10.3. The molecule has 0 bridgehead atoms. The highest BCUT2D eigenvalue weighted by Crippen LogP contribution is 2.20. The van der Waals surface area contributed by atoms with E-state index in [9.17, 15) is 14.4 Å². The third kappa shape index (κ3) is 3.39. The van der Waals surface area contributed by atoms with Crippen molar-refractivity contribution in [2.75, 3.05) is 11.9 Å². The molecule has 1 aliphatic heterocycles. The topological polar surface area (TPSA) is 78.5 Å². The van der Waals surface area contributed by atoms with E-state index in [2.05, 4.69) is 10.6 Å². The molecule has 2 rings (SSSR count). The van der Waals surface area contributed by atoms with Crippen LogP contribution in [0, 0.1) is 12.8 Å². The number of imide groups is 1. The van der Waals surface area contributed by atoms with Crippen molar-refractivity contribution in [1.29, 1.82) is 0 Å². The Morgan fingerprint density at radius 2 is 2.09 bits per heavy atom. The van der Waals surface area contributed by atoms with Gasteiger partial charge >= 0.3 is 6.03 Å². The minimum atomic E-state index is -0.576. The van der Waals surface area contributed by atoms with Gasteiger partial charge in [0.15, 0.2) is 0 Å². The molecule has 22 heavy (non-hydrogen) atoms. The van der Waals surface area contributed by atoms with Gasteiger partial charge in [-0.2, -0.15) is 0 Å². The van der Waals surface area contributed by atoms with Crippen molar-refractivity contribution < 1.29 is 14.4 Å². The summed E-state index contributed by atoms with van der Waals surface area (Å²) < 4.78 is 0. The van der Waals surface area contributed by atoms with Crippen LogP contribution in [0.2, 0.25) is 5.02 Å². The van der Waals surface area contributed by atoms with E-state index in [4.69, 9.17) is 11.6 Å². The third-order valence-electron chi connectivity index (χ3n) is 3.50. The molecular formula is C15H18ClN3O3. The van der Waals surface area contributed by atoms with Crippen molar-refractivity contribution >= 4 is 35.1 Å². The molecule has 1 saturated heterocycles. The summed E-state index contributed by atoms with van der Waals surface area (Å²) in [5.74, 6) is -0.851. The summed E-state index contributed by atoms with van der Waals surface area (Å²) in [5, 5.41) is 5.74. The molecule has 6 nitrogen and oxygen atoms in total. The Hall–Kier alpha value is -2.08. The van der Waals surface area contributed by atoms with Crippen molar-refractivity contribution in [3.63, 3.8) is 0 Å². The Labute approximate surface area is 133 Å².